The summed E-state index contributed by atoms with van der Waals surface area (Å²) >= 11 is 0. The maximum atomic E-state index is 12.2. The molecular formula is C19H21N3O5S. The molecule has 0 aliphatic rings. The number of nitro benzene ring substituents is 1. The Bertz CT molecular complexity index is 968. The number of benzene rings is 2. The molecule has 1 atom stereocenters. The number of non-ortho nitro benzene ring substituents is 1. The smallest absolute Gasteiger partial charge is 0.269 e. The van der Waals surface area contributed by atoms with Crippen LogP contribution in [-0.2, 0) is 14.8 Å². The largest absolute Gasteiger partial charge is 0.323 e. The number of hydrogen-bond acceptors (Lipinski definition) is 5. The standard InChI is InChI=1S/C19H21N3O5S/c1-3-14(2)21-28(26,27)18-11-7-16(8-12-18)20-19(23)13-6-15-4-9-17(10-5-15)22(24)25/h4-14,21H,3H2,1-2H3,(H,20,23). The molecule has 1 unspecified atom stereocenters. The van der Waals surface area contributed by atoms with Gasteiger partial charge in [-0.3, -0.25) is 14.9 Å². The van der Waals surface area contributed by atoms with Crippen molar-refractivity contribution < 1.29 is 18.1 Å². The number of amides is 1. The van der Waals surface area contributed by atoms with Crippen LogP contribution in [-0.4, -0.2) is 25.3 Å². The zero-order chi connectivity index (χ0) is 20.7. The number of anilines is 1. The average Bonchev–Trinajstić information content (AvgIpc) is 2.66. The Balaban J connectivity index is 1.99. The summed E-state index contributed by atoms with van der Waals surface area (Å²) in [5, 5.41) is 13.2. The number of hydrogen-bond donors (Lipinski definition) is 2. The van der Waals surface area contributed by atoms with Gasteiger partial charge in [-0.05, 0) is 61.4 Å². The number of nitro groups is 1. The van der Waals surface area contributed by atoms with Gasteiger partial charge in [0.05, 0.1) is 9.82 Å². The molecule has 0 heterocycles. The lowest BCUT2D eigenvalue weighted by Crippen LogP contribution is -2.31. The monoisotopic (exact) mass is 403 g/mol. The van der Waals surface area contributed by atoms with Gasteiger partial charge in [0.25, 0.3) is 5.69 Å². The first-order chi connectivity index (χ1) is 13.2. The molecule has 2 aromatic rings. The molecule has 8 nitrogen and oxygen atoms in total. The van der Waals surface area contributed by atoms with Gasteiger partial charge in [-0.2, -0.15) is 0 Å². The van der Waals surface area contributed by atoms with Crippen molar-refractivity contribution >= 4 is 33.4 Å². The average molecular weight is 403 g/mol. The Hall–Kier alpha value is -3.04. The fourth-order valence-electron chi connectivity index (χ4n) is 2.20. The summed E-state index contributed by atoms with van der Waals surface area (Å²) in [5.74, 6) is -0.410. The second-order valence-electron chi connectivity index (χ2n) is 6.13. The molecule has 0 aromatic heterocycles. The van der Waals surface area contributed by atoms with Crippen molar-refractivity contribution in [3.8, 4) is 0 Å². The Kier molecular flexibility index (Phi) is 7.02. The number of carbonyl (C=O) groups excluding carboxylic acids is 1. The van der Waals surface area contributed by atoms with Gasteiger partial charge in [-0.25, -0.2) is 13.1 Å². The number of nitrogens with zero attached hydrogens (tertiary/aromatic N) is 1. The van der Waals surface area contributed by atoms with Gasteiger partial charge in [-0.15, -0.1) is 0 Å². The first-order valence-corrected chi connectivity index (χ1v) is 10.1. The zero-order valence-corrected chi connectivity index (χ0v) is 16.3. The molecule has 9 heteroatoms. The van der Waals surface area contributed by atoms with E-state index >= 15 is 0 Å². The summed E-state index contributed by atoms with van der Waals surface area (Å²) in [6.07, 6.45) is 3.48. The van der Waals surface area contributed by atoms with E-state index in [-0.39, 0.29) is 16.6 Å². The van der Waals surface area contributed by atoms with Crippen molar-refractivity contribution in [1.82, 2.24) is 4.72 Å². The maximum Gasteiger partial charge on any atom is 0.269 e. The predicted octanol–water partition coefficient (Wildman–Crippen LogP) is 3.32. The van der Waals surface area contributed by atoms with Gasteiger partial charge in [-0.1, -0.05) is 6.92 Å². The minimum atomic E-state index is -3.60. The Labute approximate surface area is 163 Å². The van der Waals surface area contributed by atoms with E-state index in [1.165, 1.54) is 60.7 Å². The molecule has 28 heavy (non-hydrogen) atoms. The second-order valence-corrected chi connectivity index (χ2v) is 7.84. The Morgan fingerprint density at radius 3 is 2.29 bits per heavy atom. The SMILES string of the molecule is CCC(C)NS(=O)(=O)c1ccc(NC(=O)C=Cc2ccc([N+](=O)[O-])cc2)cc1. The molecule has 2 aromatic carbocycles. The van der Waals surface area contributed by atoms with Crippen LogP contribution in [0.4, 0.5) is 11.4 Å². The third-order valence-corrected chi connectivity index (χ3v) is 5.54. The van der Waals surface area contributed by atoms with Gasteiger partial charge >= 0.3 is 0 Å². The third kappa shape index (κ3) is 6.00. The van der Waals surface area contributed by atoms with Gasteiger partial charge in [0.1, 0.15) is 0 Å². The van der Waals surface area contributed by atoms with Crippen molar-refractivity contribution in [3.05, 3.63) is 70.3 Å². The minimum absolute atomic E-state index is 0.0283. The molecule has 1 amide bonds. The van der Waals surface area contributed by atoms with Crippen molar-refractivity contribution in [1.29, 1.82) is 0 Å². The number of nitrogens with one attached hydrogen (secondary N) is 2. The van der Waals surface area contributed by atoms with Crippen molar-refractivity contribution in [2.24, 2.45) is 0 Å². The van der Waals surface area contributed by atoms with E-state index in [0.29, 0.717) is 17.7 Å². The fourth-order valence-corrected chi connectivity index (χ4v) is 3.52. The van der Waals surface area contributed by atoms with Crippen LogP contribution < -0.4 is 10.0 Å². The summed E-state index contributed by atoms with van der Waals surface area (Å²) < 4.78 is 27.0. The number of rotatable bonds is 8. The minimum Gasteiger partial charge on any atom is -0.323 e. The van der Waals surface area contributed by atoms with Crippen molar-refractivity contribution in [3.63, 3.8) is 0 Å². The lowest BCUT2D eigenvalue weighted by molar-refractivity contribution is -0.384. The molecular weight excluding hydrogens is 382 g/mol. The van der Waals surface area contributed by atoms with Crippen LogP contribution in [0.1, 0.15) is 25.8 Å². The summed E-state index contributed by atoms with van der Waals surface area (Å²) in [4.78, 5) is 22.2. The van der Waals surface area contributed by atoms with Gasteiger partial charge in [0.15, 0.2) is 0 Å². The molecule has 0 aliphatic carbocycles. The van der Waals surface area contributed by atoms with E-state index in [1.54, 1.807) is 6.92 Å². The van der Waals surface area contributed by atoms with Crippen LogP contribution in [0.25, 0.3) is 6.08 Å². The van der Waals surface area contributed by atoms with Crippen LogP contribution in [0.5, 0.6) is 0 Å². The Morgan fingerprint density at radius 1 is 1.14 bits per heavy atom. The van der Waals surface area contributed by atoms with E-state index in [2.05, 4.69) is 10.0 Å². The topological polar surface area (TPSA) is 118 Å². The van der Waals surface area contributed by atoms with E-state index in [9.17, 15) is 23.3 Å². The maximum absolute atomic E-state index is 12.2. The molecule has 148 valence electrons. The number of carbonyl (C=O) groups is 1. The van der Waals surface area contributed by atoms with Crippen molar-refractivity contribution in [2.45, 2.75) is 31.2 Å². The molecule has 0 saturated carbocycles. The fraction of sp³-hybridized carbons (Fsp3) is 0.211. The summed E-state index contributed by atoms with van der Waals surface area (Å²) in [5.41, 5.74) is 1.05. The lowest BCUT2D eigenvalue weighted by Gasteiger charge is -2.12. The highest BCUT2D eigenvalue weighted by Gasteiger charge is 2.16. The molecule has 0 aliphatic heterocycles. The van der Waals surface area contributed by atoms with Crippen molar-refractivity contribution in [2.75, 3.05) is 5.32 Å². The first-order valence-electron chi connectivity index (χ1n) is 8.57. The van der Waals surface area contributed by atoms with Gasteiger partial charge < -0.3 is 5.32 Å². The van der Waals surface area contributed by atoms with Crippen LogP contribution in [0, 0.1) is 10.1 Å². The van der Waals surface area contributed by atoms with E-state index in [0.717, 1.165) is 0 Å². The Morgan fingerprint density at radius 2 is 1.75 bits per heavy atom. The van der Waals surface area contributed by atoms with E-state index in [1.807, 2.05) is 6.92 Å². The number of sulfonamides is 1. The molecule has 0 saturated heterocycles. The van der Waals surface area contributed by atoms with Crippen LogP contribution in [0.3, 0.4) is 0 Å². The van der Waals surface area contributed by atoms with Crippen LogP contribution in [0.2, 0.25) is 0 Å². The van der Waals surface area contributed by atoms with Gasteiger partial charge in [0, 0.05) is 29.9 Å². The second kappa shape index (κ2) is 9.25. The predicted molar refractivity (Wildman–Crippen MR) is 107 cm³/mol. The van der Waals surface area contributed by atoms with Gasteiger partial charge in [0.2, 0.25) is 15.9 Å². The third-order valence-electron chi connectivity index (χ3n) is 3.93. The normalized spacial score (nSPS) is 12.6. The van der Waals surface area contributed by atoms with Crippen LogP contribution >= 0.6 is 0 Å². The highest BCUT2D eigenvalue weighted by Crippen LogP contribution is 2.16. The molecule has 0 bridgehead atoms. The summed E-state index contributed by atoms with van der Waals surface area (Å²) in [6.45, 7) is 3.67. The molecule has 2 rings (SSSR count). The van der Waals surface area contributed by atoms with Crippen LogP contribution in [0.15, 0.2) is 59.5 Å². The van der Waals surface area contributed by atoms with E-state index < -0.39 is 20.9 Å². The lowest BCUT2D eigenvalue weighted by atomic mass is 10.2. The van der Waals surface area contributed by atoms with E-state index in [4.69, 9.17) is 0 Å². The molecule has 0 radical (unpaired) electrons. The molecule has 2 N–H and O–H groups in total. The molecule has 0 fully saturated rings. The zero-order valence-electron chi connectivity index (χ0n) is 15.5. The quantitative estimate of drug-likeness (QED) is 0.398. The highest BCUT2D eigenvalue weighted by atomic mass is 32.2. The summed E-state index contributed by atoms with van der Waals surface area (Å²) in [6, 6.07) is 11.4. The summed E-state index contributed by atoms with van der Waals surface area (Å²) in [7, 11) is -3.60. The highest BCUT2D eigenvalue weighted by molar-refractivity contribution is 7.89. The molecule has 0 spiro atoms. The first kappa shape index (κ1) is 21.3.